The van der Waals surface area contributed by atoms with Crippen LogP contribution in [-0.4, -0.2) is 28.9 Å². The molecule has 0 unspecified atom stereocenters. The summed E-state index contributed by atoms with van der Waals surface area (Å²) in [6, 6.07) is 9.28. The average molecular weight is 402 g/mol. The number of hydrogen-bond acceptors (Lipinski definition) is 7. The van der Waals surface area contributed by atoms with Crippen LogP contribution >= 0.6 is 11.3 Å². The van der Waals surface area contributed by atoms with Gasteiger partial charge in [0, 0.05) is 11.0 Å². The molecule has 0 atom stereocenters. The summed E-state index contributed by atoms with van der Waals surface area (Å²) in [4.78, 5) is 39.2. The summed E-state index contributed by atoms with van der Waals surface area (Å²) < 4.78 is 10.3. The molecule has 0 saturated heterocycles. The van der Waals surface area contributed by atoms with Gasteiger partial charge in [0.25, 0.3) is 0 Å². The molecule has 8 heteroatoms. The summed E-state index contributed by atoms with van der Waals surface area (Å²) in [7, 11) is 0. The quantitative estimate of drug-likeness (QED) is 0.424. The van der Waals surface area contributed by atoms with E-state index in [1.54, 1.807) is 26.2 Å². The number of esters is 1. The normalized spacial score (nSPS) is 11.6. The Hall–Kier alpha value is -3.00. The minimum Gasteiger partial charge on any atom is -0.460 e. The number of nitrogens with one attached hydrogen (secondary N) is 1. The number of carbonyl (C=O) groups is 3. The van der Waals surface area contributed by atoms with Gasteiger partial charge in [-0.05, 0) is 26.3 Å². The molecule has 1 N–H and O–H groups in total. The Morgan fingerprint density at radius 3 is 2.57 bits per heavy atom. The summed E-state index contributed by atoms with van der Waals surface area (Å²) in [5.74, 6) is -0.440. The zero-order chi connectivity index (χ0) is 20.6. The molecule has 0 fully saturated rings. The van der Waals surface area contributed by atoms with E-state index in [9.17, 15) is 14.4 Å². The van der Waals surface area contributed by atoms with Gasteiger partial charge in [-0.2, -0.15) is 0 Å². The number of thiazole rings is 1. The number of rotatable bonds is 7. The van der Waals surface area contributed by atoms with Crippen LogP contribution in [-0.2, 0) is 25.7 Å². The lowest BCUT2D eigenvalue weighted by Gasteiger charge is -2.18. The number of ether oxygens (including phenoxy) is 2. The van der Waals surface area contributed by atoms with Gasteiger partial charge >= 0.3 is 12.1 Å². The zero-order valence-corrected chi connectivity index (χ0v) is 16.7. The van der Waals surface area contributed by atoms with E-state index in [4.69, 9.17) is 9.47 Å². The number of benzene rings is 1. The molecule has 1 aromatic carbocycles. The first kappa shape index (κ1) is 21.3. The molecule has 2 aromatic rings. The highest BCUT2D eigenvalue weighted by Gasteiger charge is 2.16. The Labute approximate surface area is 167 Å². The van der Waals surface area contributed by atoms with Crippen molar-refractivity contribution < 1.29 is 23.9 Å². The van der Waals surface area contributed by atoms with Gasteiger partial charge < -0.3 is 9.47 Å². The molecule has 1 aromatic heterocycles. The molecule has 0 aliphatic carbocycles. The number of anilines is 1. The standard InChI is InChI=1S/C20H22N2O5S/c1-20(2,3)27-17(24)10-9-15(11-23)16-13-28-18(21-16)22-19(25)26-12-14-7-5-4-6-8-14/h4-9,11,13H,10,12H2,1-3H3,(H,21,22,25)/b15-9-. The fourth-order valence-electron chi connectivity index (χ4n) is 2.10. The summed E-state index contributed by atoms with van der Waals surface area (Å²) in [6.07, 6.45) is 1.37. The Morgan fingerprint density at radius 1 is 1.21 bits per heavy atom. The van der Waals surface area contributed by atoms with Gasteiger partial charge in [0.2, 0.25) is 0 Å². The molecule has 1 heterocycles. The van der Waals surface area contributed by atoms with Crippen molar-refractivity contribution in [2.24, 2.45) is 0 Å². The number of carbonyl (C=O) groups excluding carboxylic acids is 3. The van der Waals surface area contributed by atoms with E-state index >= 15 is 0 Å². The van der Waals surface area contributed by atoms with E-state index in [1.165, 1.54) is 6.08 Å². The number of nitrogens with zero attached hydrogens (tertiary/aromatic N) is 1. The summed E-state index contributed by atoms with van der Waals surface area (Å²) in [6.45, 7) is 5.44. The topological polar surface area (TPSA) is 94.6 Å². The van der Waals surface area contributed by atoms with Crippen molar-refractivity contribution in [2.45, 2.75) is 39.4 Å². The lowest BCUT2D eigenvalue weighted by atomic mass is 10.1. The van der Waals surface area contributed by atoms with Crippen LogP contribution in [0.4, 0.5) is 9.93 Å². The molecule has 7 nitrogen and oxygen atoms in total. The lowest BCUT2D eigenvalue weighted by Crippen LogP contribution is -2.23. The summed E-state index contributed by atoms with van der Waals surface area (Å²) >= 11 is 1.15. The van der Waals surface area contributed by atoms with Gasteiger partial charge in [-0.15, -0.1) is 11.3 Å². The molecule has 0 saturated carbocycles. The number of amides is 1. The maximum atomic E-state index is 11.9. The largest absolute Gasteiger partial charge is 0.460 e. The zero-order valence-electron chi connectivity index (χ0n) is 15.9. The van der Waals surface area contributed by atoms with E-state index in [2.05, 4.69) is 10.3 Å². The van der Waals surface area contributed by atoms with Crippen LogP contribution in [0.5, 0.6) is 0 Å². The SMILES string of the molecule is CC(C)(C)OC(=O)C/C=C(/C=O)c1csc(NC(=O)OCc2ccccc2)n1. The fourth-order valence-corrected chi connectivity index (χ4v) is 2.81. The molecule has 2 rings (SSSR count). The van der Waals surface area contributed by atoms with Gasteiger partial charge in [0.1, 0.15) is 12.2 Å². The number of aldehydes is 1. The summed E-state index contributed by atoms with van der Waals surface area (Å²) in [5, 5.41) is 4.42. The highest BCUT2D eigenvalue weighted by molar-refractivity contribution is 7.14. The highest BCUT2D eigenvalue weighted by atomic mass is 32.1. The van der Waals surface area contributed by atoms with Crippen molar-refractivity contribution in [3.63, 3.8) is 0 Å². The van der Waals surface area contributed by atoms with Crippen LogP contribution < -0.4 is 5.32 Å². The first-order valence-electron chi connectivity index (χ1n) is 8.57. The monoisotopic (exact) mass is 402 g/mol. The first-order valence-corrected chi connectivity index (χ1v) is 9.45. The second-order valence-electron chi connectivity index (χ2n) is 6.79. The van der Waals surface area contributed by atoms with Crippen LogP contribution in [0, 0.1) is 0 Å². The van der Waals surface area contributed by atoms with Crippen LogP contribution in [0.1, 0.15) is 38.4 Å². The van der Waals surface area contributed by atoms with Crippen LogP contribution in [0.15, 0.2) is 41.8 Å². The van der Waals surface area contributed by atoms with Crippen LogP contribution in [0.25, 0.3) is 5.57 Å². The Kier molecular flexibility index (Phi) is 7.45. The van der Waals surface area contributed by atoms with E-state index < -0.39 is 17.7 Å². The van der Waals surface area contributed by atoms with Crippen molar-refractivity contribution in [3.05, 3.63) is 53.0 Å². The molecule has 0 bridgehead atoms. The average Bonchev–Trinajstić information content (AvgIpc) is 3.08. The van der Waals surface area contributed by atoms with Crippen molar-refractivity contribution in [1.82, 2.24) is 4.98 Å². The molecule has 0 radical (unpaired) electrons. The minimum absolute atomic E-state index is 0.0508. The second-order valence-corrected chi connectivity index (χ2v) is 7.65. The molecule has 1 amide bonds. The first-order chi connectivity index (χ1) is 13.3. The maximum Gasteiger partial charge on any atom is 0.413 e. The van der Waals surface area contributed by atoms with Gasteiger partial charge in [-0.25, -0.2) is 9.78 Å². The lowest BCUT2D eigenvalue weighted by molar-refractivity contribution is -0.153. The predicted octanol–water partition coefficient (Wildman–Crippen LogP) is 4.21. The summed E-state index contributed by atoms with van der Waals surface area (Å²) in [5.41, 5.74) is 0.880. The highest BCUT2D eigenvalue weighted by Crippen LogP contribution is 2.21. The molecular weight excluding hydrogens is 380 g/mol. The third kappa shape index (κ3) is 7.32. The van der Waals surface area contributed by atoms with Gasteiger partial charge in [0.15, 0.2) is 11.4 Å². The minimum atomic E-state index is -0.643. The van der Waals surface area contributed by atoms with E-state index in [-0.39, 0.29) is 23.7 Å². The maximum absolute atomic E-state index is 11.9. The molecule has 0 spiro atoms. The van der Waals surface area contributed by atoms with Gasteiger partial charge in [-0.3, -0.25) is 14.9 Å². The molecule has 0 aliphatic heterocycles. The number of allylic oxidation sites excluding steroid dienone is 1. The van der Waals surface area contributed by atoms with Crippen molar-refractivity contribution in [1.29, 1.82) is 0 Å². The smallest absolute Gasteiger partial charge is 0.413 e. The van der Waals surface area contributed by atoms with E-state index in [1.807, 2.05) is 30.3 Å². The number of aromatic nitrogens is 1. The van der Waals surface area contributed by atoms with Crippen molar-refractivity contribution in [2.75, 3.05) is 5.32 Å². The van der Waals surface area contributed by atoms with E-state index in [0.29, 0.717) is 12.0 Å². The Balaban J connectivity index is 1.91. The molecule has 28 heavy (non-hydrogen) atoms. The molecule has 148 valence electrons. The third-order valence-corrected chi connectivity index (χ3v) is 4.02. The van der Waals surface area contributed by atoms with Gasteiger partial charge in [-0.1, -0.05) is 36.4 Å². The fraction of sp³-hybridized carbons (Fsp3) is 0.300. The third-order valence-electron chi connectivity index (χ3n) is 3.26. The van der Waals surface area contributed by atoms with E-state index in [0.717, 1.165) is 16.9 Å². The van der Waals surface area contributed by atoms with Crippen molar-refractivity contribution in [3.8, 4) is 0 Å². The van der Waals surface area contributed by atoms with Crippen molar-refractivity contribution >= 4 is 40.4 Å². The Bertz CT molecular complexity index is 853. The predicted molar refractivity (Wildman–Crippen MR) is 107 cm³/mol. The second kappa shape index (κ2) is 9.80. The Morgan fingerprint density at radius 2 is 1.93 bits per heavy atom. The van der Waals surface area contributed by atoms with Gasteiger partial charge in [0.05, 0.1) is 12.1 Å². The number of hydrogen-bond donors (Lipinski definition) is 1. The van der Waals surface area contributed by atoms with Crippen LogP contribution in [0.2, 0.25) is 0 Å². The molecule has 0 aliphatic rings. The van der Waals surface area contributed by atoms with Crippen LogP contribution in [0.3, 0.4) is 0 Å². The molecular formula is C20H22N2O5S.